The SMILES string of the molecule is O=C(Nc1nc(C2CC2)cs1)c1cn(C2CNC2)nn1. The molecule has 2 N–H and O–H groups in total. The topological polar surface area (TPSA) is 84.7 Å². The maximum atomic E-state index is 12.1. The van der Waals surface area contributed by atoms with Gasteiger partial charge in [-0.1, -0.05) is 5.21 Å². The first-order chi connectivity index (χ1) is 9.79. The van der Waals surface area contributed by atoms with Gasteiger partial charge in [-0.15, -0.1) is 16.4 Å². The molecule has 7 nitrogen and oxygen atoms in total. The Hall–Kier alpha value is -1.80. The van der Waals surface area contributed by atoms with Gasteiger partial charge in [-0.3, -0.25) is 10.1 Å². The number of thiazole rings is 1. The molecule has 1 saturated carbocycles. The van der Waals surface area contributed by atoms with E-state index in [1.807, 2.05) is 5.38 Å². The van der Waals surface area contributed by atoms with Crippen molar-refractivity contribution in [3.63, 3.8) is 0 Å². The van der Waals surface area contributed by atoms with Crippen LogP contribution in [-0.4, -0.2) is 39.0 Å². The lowest BCUT2D eigenvalue weighted by Crippen LogP contribution is -2.43. The molecular weight excluding hydrogens is 276 g/mol. The molecule has 0 unspecified atom stereocenters. The van der Waals surface area contributed by atoms with Gasteiger partial charge in [-0.25, -0.2) is 9.67 Å². The fraction of sp³-hybridized carbons (Fsp3) is 0.500. The highest BCUT2D eigenvalue weighted by molar-refractivity contribution is 7.14. The molecule has 8 heteroatoms. The van der Waals surface area contributed by atoms with Crippen LogP contribution in [-0.2, 0) is 0 Å². The van der Waals surface area contributed by atoms with E-state index in [0.717, 1.165) is 18.8 Å². The predicted molar refractivity (Wildman–Crippen MR) is 74.0 cm³/mol. The summed E-state index contributed by atoms with van der Waals surface area (Å²) in [5.74, 6) is 0.351. The van der Waals surface area contributed by atoms with Crippen molar-refractivity contribution in [1.82, 2.24) is 25.3 Å². The first kappa shape index (κ1) is 12.0. The first-order valence-electron chi connectivity index (χ1n) is 6.69. The van der Waals surface area contributed by atoms with Gasteiger partial charge >= 0.3 is 0 Å². The average molecular weight is 290 g/mol. The van der Waals surface area contributed by atoms with Gasteiger partial charge in [-0.2, -0.15) is 0 Å². The van der Waals surface area contributed by atoms with E-state index in [-0.39, 0.29) is 5.91 Å². The van der Waals surface area contributed by atoms with E-state index in [9.17, 15) is 4.79 Å². The molecule has 20 heavy (non-hydrogen) atoms. The molecule has 4 rings (SSSR count). The number of carbonyl (C=O) groups is 1. The number of nitrogens with zero attached hydrogens (tertiary/aromatic N) is 4. The lowest BCUT2D eigenvalue weighted by Gasteiger charge is -2.26. The molecule has 0 radical (unpaired) electrons. The number of hydrogen-bond donors (Lipinski definition) is 2. The van der Waals surface area contributed by atoms with Crippen molar-refractivity contribution in [2.24, 2.45) is 0 Å². The molecule has 104 valence electrons. The summed E-state index contributed by atoms with van der Waals surface area (Å²) < 4.78 is 1.74. The molecule has 1 saturated heterocycles. The Labute approximate surface area is 119 Å². The summed E-state index contributed by atoms with van der Waals surface area (Å²) in [6, 6.07) is 0.311. The van der Waals surface area contributed by atoms with Gasteiger partial charge in [0.15, 0.2) is 10.8 Å². The number of aromatic nitrogens is 4. The highest BCUT2D eigenvalue weighted by atomic mass is 32.1. The maximum absolute atomic E-state index is 12.1. The summed E-state index contributed by atoms with van der Waals surface area (Å²) in [6.45, 7) is 1.75. The Balaban J connectivity index is 1.44. The maximum Gasteiger partial charge on any atom is 0.279 e. The van der Waals surface area contributed by atoms with Gasteiger partial charge in [-0.05, 0) is 12.8 Å². The van der Waals surface area contributed by atoms with Crippen LogP contribution in [0.5, 0.6) is 0 Å². The van der Waals surface area contributed by atoms with E-state index in [1.54, 1.807) is 10.9 Å². The van der Waals surface area contributed by atoms with E-state index in [2.05, 4.69) is 25.9 Å². The summed E-state index contributed by atoms with van der Waals surface area (Å²) in [5, 5.41) is 16.5. The summed E-state index contributed by atoms with van der Waals surface area (Å²) in [6.07, 6.45) is 4.11. The molecule has 2 aliphatic rings. The summed E-state index contributed by atoms with van der Waals surface area (Å²) >= 11 is 1.46. The van der Waals surface area contributed by atoms with Crippen LogP contribution in [0.15, 0.2) is 11.6 Å². The fourth-order valence-corrected chi connectivity index (χ4v) is 2.88. The minimum Gasteiger partial charge on any atom is -0.312 e. The highest BCUT2D eigenvalue weighted by Gasteiger charge is 2.26. The van der Waals surface area contributed by atoms with Crippen LogP contribution in [0.3, 0.4) is 0 Å². The van der Waals surface area contributed by atoms with E-state index in [1.165, 1.54) is 24.2 Å². The third-order valence-electron chi connectivity index (χ3n) is 3.62. The lowest BCUT2D eigenvalue weighted by molar-refractivity contribution is 0.102. The molecule has 2 aromatic heterocycles. The minimum absolute atomic E-state index is 0.250. The van der Waals surface area contributed by atoms with Crippen molar-refractivity contribution in [3.8, 4) is 0 Å². The number of anilines is 1. The molecular formula is C12H14N6OS. The van der Waals surface area contributed by atoms with Crippen LogP contribution >= 0.6 is 11.3 Å². The first-order valence-corrected chi connectivity index (χ1v) is 7.57. The number of rotatable bonds is 4. The van der Waals surface area contributed by atoms with Crippen molar-refractivity contribution >= 4 is 22.4 Å². The third-order valence-corrected chi connectivity index (χ3v) is 4.39. The van der Waals surface area contributed by atoms with Gasteiger partial charge < -0.3 is 5.32 Å². The second kappa shape index (κ2) is 4.64. The van der Waals surface area contributed by atoms with Crippen molar-refractivity contribution < 1.29 is 4.79 Å². The highest BCUT2D eigenvalue weighted by Crippen LogP contribution is 2.40. The number of nitrogens with one attached hydrogen (secondary N) is 2. The van der Waals surface area contributed by atoms with Crippen molar-refractivity contribution in [2.75, 3.05) is 18.4 Å². The Morgan fingerprint density at radius 3 is 3.00 bits per heavy atom. The second-order valence-electron chi connectivity index (χ2n) is 5.20. The quantitative estimate of drug-likeness (QED) is 0.878. The van der Waals surface area contributed by atoms with Crippen LogP contribution in [0.25, 0.3) is 0 Å². The smallest absolute Gasteiger partial charge is 0.279 e. The standard InChI is InChI=1S/C12H14N6OS/c19-11(9-5-18(17-16-9)8-3-13-4-8)15-12-14-10(6-20-12)7-1-2-7/h5-8,13H,1-4H2,(H,14,15,19). The average Bonchev–Trinajstić information content (AvgIpc) is 2.93. The number of amides is 1. The minimum atomic E-state index is -0.250. The molecule has 0 spiro atoms. The van der Waals surface area contributed by atoms with Gasteiger partial charge in [0.25, 0.3) is 5.91 Å². The molecule has 0 atom stereocenters. The van der Waals surface area contributed by atoms with Crippen LogP contribution in [0.4, 0.5) is 5.13 Å². The van der Waals surface area contributed by atoms with Crippen molar-refractivity contribution in [2.45, 2.75) is 24.8 Å². The number of carbonyl (C=O) groups excluding carboxylic acids is 1. The van der Waals surface area contributed by atoms with Crippen molar-refractivity contribution in [1.29, 1.82) is 0 Å². The van der Waals surface area contributed by atoms with Crippen LogP contribution < -0.4 is 10.6 Å². The molecule has 2 fully saturated rings. The molecule has 2 aromatic rings. The van der Waals surface area contributed by atoms with Crippen LogP contribution in [0, 0.1) is 0 Å². The molecule has 3 heterocycles. The van der Waals surface area contributed by atoms with Gasteiger partial charge in [0.05, 0.1) is 17.9 Å². The fourth-order valence-electron chi connectivity index (χ4n) is 2.09. The van der Waals surface area contributed by atoms with Gasteiger partial charge in [0, 0.05) is 24.4 Å². The Kier molecular flexibility index (Phi) is 2.78. The Morgan fingerprint density at radius 2 is 2.30 bits per heavy atom. The zero-order valence-electron chi connectivity index (χ0n) is 10.7. The van der Waals surface area contributed by atoms with Gasteiger partial charge in [0.2, 0.25) is 0 Å². The molecule has 1 amide bonds. The molecule has 0 aromatic carbocycles. The molecule has 0 bridgehead atoms. The third kappa shape index (κ3) is 2.20. The predicted octanol–water partition coefficient (Wildman–Crippen LogP) is 1.01. The van der Waals surface area contributed by atoms with E-state index >= 15 is 0 Å². The van der Waals surface area contributed by atoms with Gasteiger partial charge in [0.1, 0.15) is 0 Å². The van der Waals surface area contributed by atoms with Crippen molar-refractivity contribution in [3.05, 3.63) is 23.0 Å². The van der Waals surface area contributed by atoms with E-state index in [4.69, 9.17) is 0 Å². The number of hydrogen-bond acceptors (Lipinski definition) is 6. The summed E-state index contributed by atoms with van der Waals surface area (Å²) in [5.41, 5.74) is 1.43. The monoisotopic (exact) mass is 290 g/mol. The zero-order valence-corrected chi connectivity index (χ0v) is 11.6. The summed E-state index contributed by atoms with van der Waals surface area (Å²) in [7, 11) is 0. The Morgan fingerprint density at radius 1 is 1.45 bits per heavy atom. The van der Waals surface area contributed by atoms with Crippen LogP contribution in [0.2, 0.25) is 0 Å². The zero-order chi connectivity index (χ0) is 13.5. The van der Waals surface area contributed by atoms with Crippen LogP contribution in [0.1, 0.15) is 41.0 Å². The normalized spacial score (nSPS) is 18.8. The largest absolute Gasteiger partial charge is 0.312 e. The lowest BCUT2D eigenvalue weighted by atomic mass is 10.2. The van der Waals surface area contributed by atoms with E-state index in [0.29, 0.717) is 22.8 Å². The summed E-state index contributed by atoms with van der Waals surface area (Å²) in [4.78, 5) is 16.5. The Bertz CT molecular complexity index is 642. The van der Waals surface area contributed by atoms with E-state index < -0.39 is 0 Å². The molecule has 1 aliphatic carbocycles. The second-order valence-corrected chi connectivity index (χ2v) is 6.06. The molecule has 1 aliphatic heterocycles.